The number of halogens is 1. The van der Waals surface area contributed by atoms with Crippen molar-refractivity contribution in [3.05, 3.63) is 35.9 Å². The molecule has 0 saturated carbocycles. The molecule has 0 fully saturated rings. The Hall–Kier alpha value is -2.09. The summed E-state index contributed by atoms with van der Waals surface area (Å²) in [4.78, 5) is 34.4. The number of carbonyl (C=O) groups excluding carboxylic acids is 2. The highest BCUT2D eigenvalue weighted by atomic mass is 79.9. The Morgan fingerprint density at radius 1 is 1.15 bits per heavy atom. The number of carbonyl (C=O) groups is 3. The Balaban J connectivity index is 2.21. The zero-order valence-electron chi connectivity index (χ0n) is 15.4. The first kappa shape index (κ1) is 23.0. The zero-order valence-corrected chi connectivity index (χ0v) is 17.0. The predicted molar refractivity (Wildman–Crippen MR) is 106 cm³/mol. The van der Waals surface area contributed by atoms with Crippen LogP contribution in [-0.4, -0.2) is 40.5 Å². The van der Waals surface area contributed by atoms with Gasteiger partial charge in [0.2, 0.25) is 5.91 Å². The molecule has 1 rings (SSSR count). The number of hydrogen-bond acceptors (Lipinski definition) is 4. The number of hydrogen-bond donors (Lipinski definition) is 3. The van der Waals surface area contributed by atoms with Crippen molar-refractivity contribution in [2.24, 2.45) is 0 Å². The topological polar surface area (TPSA) is 105 Å². The van der Waals surface area contributed by atoms with Crippen LogP contribution in [0.25, 0.3) is 0 Å². The molecule has 27 heavy (non-hydrogen) atoms. The molecule has 0 radical (unpaired) electrons. The van der Waals surface area contributed by atoms with E-state index in [1.54, 1.807) is 0 Å². The Bertz CT molecular complexity index is 597. The summed E-state index contributed by atoms with van der Waals surface area (Å²) in [6.07, 6.45) is 2.40. The summed E-state index contributed by atoms with van der Waals surface area (Å²) < 4.78 is 5.09. The second kappa shape index (κ2) is 13.1. The Morgan fingerprint density at radius 3 is 2.48 bits per heavy atom. The average Bonchev–Trinajstić information content (AvgIpc) is 2.65. The van der Waals surface area contributed by atoms with Crippen LogP contribution < -0.4 is 10.6 Å². The number of ether oxygens (including phenoxy) is 1. The standard InChI is InChI=1S/C19H27BrN2O5/c1-2-8-15(20)17(23)22-16(18(24)25)11-6-7-12-21-19(26)27-13-14-9-4-3-5-10-14/h3-5,9-10,15-16H,2,6-8,11-13H2,1H3,(H,21,26)(H,22,23)(H,24,25)/t15-,16-/m0/s1. The van der Waals surface area contributed by atoms with Crippen LogP contribution in [0.3, 0.4) is 0 Å². The van der Waals surface area contributed by atoms with Crippen molar-refractivity contribution >= 4 is 33.9 Å². The molecule has 2 atom stereocenters. The van der Waals surface area contributed by atoms with E-state index < -0.39 is 18.1 Å². The van der Waals surface area contributed by atoms with Gasteiger partial charge in [0.15, 0.2) is 0 Å². The first-order valence-corrected chi connectivity index (χ1v) is 9.97. The first-order valence-electron chi connectivity index (χ1n) is 9.05. The van der Waals surface area contributed by atoms with Crippen LogP contribution in [0, 0.1) is 0 Å². The van der Waals surface area contributed by atoms with E-state index in [1.807, 2.05) is 37.3 Å². The summed E-state index contributed by atoms with van der Waals surface area (Å²) in [5, 5.41) is 14.4. The second-order valence-corrected chi connectivity index (χ2v) is 7.25. The van der Waals surface area contributed by atoms with Crippen molar-refractivity contribution in [2.45, 2.75) is 56.5 Å². The van der Waals surface area contributed by atoms with Gasteiger partial charge < -0.3 is 20.5 Å². The normalized spacial score (nSPS) is 12.7. The van der Waals surface area contributed by atoms with Gasteiger partial charge in [-0.1, -0.05) is 59.6 Å². The SMILES string of the molecule is CCC[C@H](Br)C(=O)N[C@@H](CCCCNC(=O)OCc1ccccc1)C(=O)O. The molecular weight excluding hydrogens is 416 g/mol. The maximum atomic E-state index is 11.9. The van der Waals surface area contributed by atoms with E-state index in [0.717, 1.165) is 12.0 Å². The number of nitrogens with one attached hydrogen (secondary N) is 2. The molecule has 0 spiro atoms. The molecule has 0 heterocycles. The van der Waals surface area contributed by atoms with Crippen molar-refractivity contribution in [3.8, 4) is 0 Å². The number of carboxylic acids is 1. The maximum Gasteiger partial charge on any atom is 0.407 e. The predicted octanol–water partition coefficient (Wildman–Crippen LogP) is 3.22. The van der Waals surface area contributed by atoms with E-state index in [0.29, 0.717) is 32.2 Å². The number of carboxylic acid groups (broad SMARTS) is 1. The van der Waals surface area contributed by atoms with Gasteiger partial charge in [0, 0.05) is 6.54 Å². The summed E-state index contributed by atoms with van der Waals surface area (Å²) in [5.74, 6) is -1.37. The zero-order chi connectivity index (χ0) is 20.1. The van der Waals surface area contributed by atoms with Crippen LogP contribution >= 0.6 is 15.9 Å². The molecule has 8 heteroatoms. The number of rotatable bonds is 12. The van der Waals surface area contributed by atoms with Crippen molar-refractivity contribution < 1.29 is 24.2 Å². The largest absolute Gasteiger partial charge is 0.480 e. The number of benzene rings is 1. The molecule has 1 aromatic rings. The summed E-state index contributed by atoms with van der Waals surface area (Å²) in [7, 11) is 0. The number of alkyl carbamates (subject to hydrolysis) is 1. The van der Waals surface area contributed by atoms with Crippen LogP contribution in [-0.2, 0) is 20.9 Å². The average molecular weight is 443 g/mol. The highest BCUT2D eigenvalue weighted by Gasteiger charge is 2.22. The number of unbranched alkanes of at least 4 members (excludes halogenated alkanes) is 1. The van der Waals surface area contributed by atoms with Gasteiger partial charge in [-0.15, -0.1) is 0 Å². The quantitative estimate of drug-likeness (QED) is 0.340. The molecule has 0 aliphatic rings. The summed E-state index contributed by atoms with van der Waals surface area (Å²) in [5.41, 5.74) is 0.904. The van der Waals surface area contributed by atoms with Gasteiger partial charge in [0.1, 0.15) is 12.6 Å². The molecular formula is C19H27BrN2O5. The molecule has 150 valence electrons. The third-order valence-electron chi connectivity index (χ3n) is 3.84. The summed E-state index contributed by atoms with van der Waals surface area (Å²) in [6.45, 7) is 2.53. The minimum Gasteiger partial charge on any atom is -0.480 e. The van der Waals surface area contributed by atoms with Gasteiger partial charge in [-0.2, -0.15) is 0 Å². The minimum absolute atomic E-state index is 0.200. The van der Waals surface area contributed by atoms with Gasteiger partial charge >= 0.3 is 12.1 Å². The molecule has 3 N–H and O–H groups in total. The summed E-state index contributed by atoms with van der Waals surface area (Å²) >= 11 is 3.26. The minimum atomic E-state index is -1.06. The fourth-order valence-electron chi connectivity index (χ4n) is 2.34. The maximum absolute atomic E-state index is 11.9. The Kier molecular flexibility index (Phi) is 11.2. The fourth-order valence-corrected chi connectivity index (χ4v) is 2.93. The highest BCUT2D eigenvalue weighted by molar-refractivity contribution is 9.10. The van der Waals surface area contributed by atoms with Crippen molar-refractivity contribution in [1.29, 1.82) is 0 Å². The molecule has 0 bridgehead atoms. The molecule has 0 aliphatic carbocycles. The fraction of sp³-hybridized carbons (Fsp3) is 0.526. The van der Waals surface area contributed by atoms with Crippen molar-refractivity contribution in [3.63, 3.8) is 0 Å². The van der Waals surface area contributed by atoms with Crippen molar-refractivity contribution in [1.82, 2.24) is 10.6 Å². The van der Waals surface area contributed by atoms with Gasteiger partial charge in [-0.05, 0) is 31.2 Å². The summed E-state index contributed by atoms with van der Waals surface area (Å²) in [6, 6.07) is 8.43. The van der Waals surface area contributed by atoms with E-state index in [2.05, 4.69) is 26.6 Å². The molecule has 0 aromatic heterocycles. The van der Waals surface area contributed by atoms with Crippen LogP contribution in [0.5, 0.6) is 0 Å². The van der Waals surface area contributed by atoms with Gasteiger partial charge in [-0.25, -0.2) is 9.59 Å². The lowest BCUT2D eigenvalue weighted by Crippen LogP contribution is -2.44. The Morgan fingerprint density at radius 2 is 1.85 bits per heavy atom. The third kappa shape index (κ3) is 9.98. The van der Waals surface area contributed by atoms with E-state index in [1.165, 1.54) is 0 Å². The third-order valence-corrected chi connectivity index (χ3v) is 4.72. The van der Waals surface area contributed by atoms with E-state index >= 15 is 0 Å². The van der Waals surface area contributed by atoms with Crippen LogP contribution in [0.15, 0.2) is 30.3 Å². The Labute approximate surface area is 168 Å². The lowest BCUT2D eigenvalue weighted by atomic mass is 10.1. The monoisotopic (exact) mass is 442 g/mol. The van der Waals surface area contributed by atoms with Gasteiger partial charge in [0.25, 0.3) is 0 Å². The molecule has 7 nitrogen and oxygen atoms in total. The highest BCUT2D eigenvalue weighted by Crippen LogP contribution is 2.09. The molecule has 0 unspecified atom stereocenters. The number of alkyl halides is 1. The van der Waals surface area contributed by atoms with Gasteiger partial charge in [0.05, 0.1) is 4.83 Å². The second-order valence-electron chi connectivity index (χ2n) is 6.14. The number of amides is 2. The van der Waals surface area contributed by atoms with Crippen LogP contribution in [0.4, 0.5) is 4.79 Å². The van der Waals surface area contributed by atoms with Crippen molar-refractivity contribution in [2.75, 3.05) is 6.54 Å². The molecule has 1 aromatic carbocycles. The lowest BCUT2D eigenvalue weighted by Gasteiger charge is -2.17. The van der Waals surface area contributed by atoms with E-state index in [-0.39, 0.29) is 17.3 Å². The lowest BCUT2D eigenvalue weighted by molar-refractivity contribution is -0.142. The first-order chi connectivity index (χ1) is 12.9. The van der Waals surface area contributed by atoms with Crippen LogP contribution in [0.1, 0.15) is 44.6 Å². The van der Waals surface area contributed by atoms with Gasteiger partial charge in [-0.3, -0.25) is 4.79 Å². The number of aliphatic carboxylic acids is 1. The van der Waals surface area contributed by atoms with Crippen LogP contribution in [0.2, 0.25) is 0 Å². The smallest absolute Gasteiger partial charge is 0.407 e. The molecule has 0 saturated heterocycles. The van der Waals surface area contributed by atoms with E-state index in [9.17, 15) is 19.5 Å². The molecule has 0 aliphatic heterocycles. The van der Waals surface area contributed by atoms with E-state index in [4.69, 9.17) is 4.74 Å². The molecule has 2 amide bonds.